The first-order valence-corrected chi connectivity index (χ1v) is 11.9. The molecule has 2 aliphatic carbocycles. The van der Waals surface area contributed by atoms with Gasteiger partial charge in [0.25, 0.3) is 17.4 Å². The molecule has 0 unspecified atom stereocenters. The second-order valence-electron chi connectivity index (χ2n) is 9.57. The highest BCUT2D eigenvalue weighted by atomic mass is 35.5. The normalized spacial score (nSPS) is 22.5. The van der Waals surface area contributed by atoms with Crippen molar-refractivity contribution in [3.8, 4) is 0 Å². The molecule has 37 heavy (non-hydrogen) atoms. The van der Waals surface area contributed by atoms with Gasteiger partial charge in [0.15, 0.2) is 5.54 Å². The minimum atomic E-state index is -4.48. The van der Waals surface area contributed by atoms with Gasteiger partial charge in [-0.25, -0.2) is 23.1 Å². The maximum absolute atomic E-state index is 14.2. The van der Waals surface area contributed by atoms with Crippen LogP contribution in [-0.2, 0) is 20.5 Å². The molecule has 3 atom stereocenters. The molecular formula is C24H23ClF6N4O2. The Morgan fingerprint density at radius 1 is 1.11 bits per heavy atom. The molecule has 0 aliphatic heterocycles. The minimum Gasteiger partial charge on any atom is -0.351 e. The molecule has 6 nitrogen and oxygen atoms in total. The first-order chi connectivity index (χ1) is 17.2. The Morgan fingerprint density at radius 2 is 1.70 bits per heavy atom. The first-order valence-electron chi connectivity index (χ1n) is 11.4. The molecule has 0 bridgehead atoms. The number of amides is 2. The van der Waals surface area contributed by atoms with E-state index in [1.54, 1.807) is 0 Å². The molecule has 13 heteroatoms. The molecule has 200 valence electrons. The van der Waals surface area contributed by atoms with Crippen LogP contribution in [0.1, 0.15) is 50.2 Å². The van der Waals surface area contributed by atoms with Crippen molar-refractivity contribution in [3.05, 3.63) is 54.1 Å². The summed E-state index contributed by atoms with van der Waals surface area (Å²) in [4.78, 5) is 35.1. The molecule has 2 saturated carbocycles. The SMILES string of the molecule is C[C@](C(=O)N[C@H]1CCC(F)(F)C1)(c1cncnc1)N(C(=O)[C@H](F)Cl)c1ccc(C2(C(F)(F)F)CC2)cc1. The Bertz CT molecular complexity index is 1160. The monoisotopic (exact) mass is 548 g/mol. The number of hydrogen-bond acceptors (Lipinski definition) is 4. The van der Waals surface area contributed by atoms with Crippen LogP contribution in [0.25, 0.3) is 0 Å². The van der Waals surface area contributed by atoms with Crippen molar-refractivity contribution in [1.29, 1.82) is 0 Å². The zero-order valence-corrected chi connectivity index (χ0v) is 20.3. The van der Waals surface area contributed by atoms with E-state index in [1.807, 2.05) is 0 Å². The maximum atomic E-state index is 14.2. The number of anilines is 1. The summed E-state index contributed by atoms with van der Waals surface area (Å²) in [6.07, 6.45) is -2.24. The van der Waals surface area contributed by atoms with E-state index in [1.165, 1.54) is 19.3 Å². The van der Waals surface area contributed by atoms with Gasteiger partial charge < -0.3 is 5.32 Å². The van der Waals surface area contributed by atoms with Crippen LogP contribution in [0.15, 0.2) is 43.0 Å². The van der Waals surface area contributed by atoms with E-state index >= 15 is 0 Å². The Hall–Kier alpha value is -2.89. The number of nitrogens with zero attached hydrogens (tertiary/aromatic N) is 3. The van der Waals surface area contributed by atoms with Crippen molar-refractivity contribution in [2.75, 3.05) is 4.90 Å². The second-order valence-corrected chi connectivity index (χ2v) is 9.95. The largest absolute Gasteiger partial charge is 0.398 e. The minimum absolute atomic E-state index is 0.000884. The van der Waals surface area contributed by atoms with Crippen molar-refractivity contribution >= 4 is 29.1 Å². The van der Waals surface area contributed by atoms with E-state index in [9.17, 15) is 35.9 Å². The van der Waals surface area contributed by atoms with Gasteiger partial charge in [-0.1, -0.05) is 23.7 Å². The van der Waals surface area contributed by atoms with E-state index in [2.05, 4.69) is 15.3 Å². The molecule has 2 amide bonds. The highest BCUT2D eigenvalue weighted by Gasteiger charge is 2.64. The Kier molecular flexibility index (Phi) is 6.93. The summed E-state index contributed by atoms with van der Waals surface area (Å²) >= 11 is 5.48. The number of nitrogens with one attached hydrogen (secondary N) is 1. The Balaban J connectivity index is 1.77. The van der Waals surface area contributed by atoms with Gasteiger partial charge in [0, 0.05) is 42.5 Å². The number of aromatic nitrogens is 2. The predicted molar refractivity (Wildman–Crippen MR) is 122 cm³/mol. The molecule has 2 fully saturated rings. The standard InChI is InChI=1S/C24H23ClF6N4O2/c1-21(15-11-32-13-33-12-15,20(37)34-16-6-7-23(27,28)10-16)35(19(36)18(25)26)17-4-2-14(3-5-17)22(8-9-22)24(29,30)31/h2-5,11-13,16,18H,6-10H2,1H3,(H,34,37)/t16-,18-,21+/m0/s1. The fourth-order valence-corrected chi connectivity index (χ4v) is 4.90. The van der Waals surface area contributed by atoms with Crippen LogP contribution in [0, 0.1) is 0 Å². The molecule has 0 spiro atoms. The van der Waals surface area contributed by atoms with Crippen LogP contribution < -0.4 is 10.2 Å². The van der Waals surface area contributed by atoms with Crippen molar-refractivity contribution in [2.24, 2.45) is 0 Å². The van der Waals surface area contributed by atoms with E-state index in [0.717, 1.165) is 30.6 Å². The molecule has 0 radical (unpaired) electrons. The molecule has 2 aromatic rings. The number of benzene rings is 1. The van der Waals surface area contributed by atoms with Crippen LogP contribution in [0.4, 0.5) is 32.0 Å². The summed E-state index contributed by atoms with van der Waals surface area (Å²) in [6, 6.07) is 3.72. The van der Waals surface area contributed by atoms with E-state index in [0.29, 0.717) is 4.90 Å². The van der Waals surface area contributed by atoms with Gasteiger partial charge >= 0.3 is 6.18 Å². The second kappa shape index (κ2) is 9.45. The zero-order valence-electron chi connectivity index (χ0n) is 19.5. The van der Waals surface area contributed by atoms with Gasteiger partial charge in [-0.2, -0.15) is 13.2 Å². The molecule has 1 aromatic heterocycles. The third-order valence-corrected chi connectivity index (χ3v) is 7.32. The summed E-state index contributed by atoms with van der Waals surface area (Å²) in [5.74, 6) is -5.30. The van der Waals surface area contributed by atoms with Gasteiger partial charge in [0.2, 0.25) is 5.92 Å². The summed E-state index contributed by atoms with van der Waals surface area (Å²) in [6.45, 7) is 1.23. The van der Waals surface area contributed by atoms with Gasteiger partial charge in [-0.05, 0) is 43.9 Å². The number of carbonyl (C=O) groups excluding carboxylic acids is 2. The molecule has 1 N–H and O–H groups in total. The third kappa shape index (κ3) is 4.99. The molecule has 2 aliphatic rings. The number of carbonyl (C=O) groups is 2. The summed E-state index contributed by atoms with van der Waals surface area (Å²) in [5, 5.41) is 2.50. The lowest BCUT2D eigenvalue weighted by atomic mass is 9.88. The molecule has 1 heterocycles. The third-order valence-electron chi connectivity index (χ3n) is 7.13. The number of rotatable bonds is 7. The van der Waals surface area contributed by atoms with Crippen LogP contribution >= 0.6 is 11.6 Å². The van der Waals surface area contributed by atoms with Crippen LogP contribution in [-0.4, -0.2) is 45.6 Å². The lowest BCUT2D eigenvalue weighted by molar-refractivity contribution is -0.160. The number of hydrogen-bond donors (Lipinski definition) is 1. The Labute approximate surface area is 213 Å². The van der Waals surface area contributed by atoms with Crippen LogP contribution in [0.5, 0.6) is 0 Å². The average Bonchev–Trinajstić information content (AvgIpc) is 3.59. The topological polar surface area (TPSA) is 75.2 Å². The molecule has 0 saturated heterocycles. The van der Waals surface area contributed by atoms with E-state index in [-0.39, 0.29) is 36.1 Å². The summed E-state index contributed by atoms with van der Waals surface area (Å²) in [7, 11) is 0. The molecule has 4 rings (SSSR count). The maximum Gasteiger partial charge on any atom is 0.398 e. The molecule has 1 aromatic carbocycles. The smallest absolute Gasteiger partial charge is 0.351 e. The number of alkyl halides is 7. The van der Waals surface area contributed by atoms with Crippen molar-refractivity contribution in [1.82, 2.24) is 15.3 Å². The quantitative estimate of drug-likeness (QED) is 0.383. The predicted octanol–water partition coefficient (Wildman–Crippen LogP) is 5.16. The average molecular weight is 549 g/mol. The zero-order chi connectivity index (χ0) is 27.2. The van der Waals surface area contributed by atoms with E-state index in [4.69, 9.17) is 11.6 Å². The van der Waals surface area contributed by atoms with Gasteiger partial charge in [-0.3, -0.25) is 14.5 Å². The first kappa shape index (κ1) is 27.2. The summed E-state index contributed by atoms with van der Waals surface area (Å²) in [5.41, 5.74) is -6.90. The highest BCUT2D eigenvalue weighted by molar-refractivity contribution is 6.32. The van der Waals surface area contributed by atoms with E-state index < -0.39 is 59.4 Å². The summed E-state index contributed by atoms with van der Waals surface area (Å²) < 4.78 is 82.5. The van der Waals surface area contributed by atoms with Crippen molar-refractivity contribution in [3.63, 3.8) is 0 Å². The Morgan fingerprint density at radius 3 is 2.16 bits per heavy atom. The van der Waals surface area contributed by atoms with Gasteiger partial charge in [0.05, 0.1) is 5.41 Å². The molecular weight excluding hydrogens is 526 g/mol. The van der Waals surface area contributed by atoms with Crippen molar-refractivity contribution in [2.45, 2.75) is 73.8 Å². The van der Waals surface area contributed by atoms with Gasteiger partial charge in [0.1, 0.15) is 6.33 Å². The highest BCUT2D eigenvalue weighted by Crippen LogP contribution is 2.59. The van der Waals surface area contributed by atoms with Gasteiger partial charge in [-0.15, -0.1) is 0 Å². The van der Waals surface area contributed by atoms with Crippen LogP contribution in [0.3, 0.4) is 0 Å². The lowest BCUT2D eigenvalue weighted by Crippen LogP contribution is -2.59. The lowest BCUT2D eigenvalue weighted by Gasteiger charge is -2.40. The van der Waals surface area contributed by atoms with Crippen molar-refractivity contribution < 1.29 is 35.9 Å². The fraction of sp³-hybridized carbons (Fsp3) is 0.500. The number of halogens is 7. The van der Waals surface area contributed by atoms with Crippen LogP contribution in [0.2, 0.25) is 0 Å². The fourth-order valence-electron chi connectivity index (χ4n) is 4.81.